The van der Waals surface area contributed by atoms with Crippen LogP contribution < -0.4 is 11.5 Å². The van der Waals surface area contributed by atoms with Gasteiger partial charge in [0.15, 0.2) is 11.6 Å². The maximum Gasteiger partial charge on any atom is 0.176 e. The van der Waals surface area contributed by atoms with Gasteiger partial charge in [-0.1, -0.05) is 0 Å². The molecule has 0 bridgehead atoms. The number of hydrogen-bond acceptors (Lipinski definition) is 4. The van der Waals surface area contributed by atoms with Gasteiger partial charge in [0, 0.05) is 6.21 Å². The van der Waals surface area contributed by atoms with Gasteiger partial charge in [-0.25, -0.2) is 9.67 Å². The van der Waals surface area contributed by atoms with Crippen molar-refractivity contribution in [3.63, 3.8) is 0 Å². The van der Waals surface area contributed by atoms with Crippen molar-refractivity contribution in [3.05, 3.63) is 0 Å². The molecular weight excluding hydrogens is 130 g/mol. The van der Waals surface area contributed by atoms with E-state index in [2.05, 4.69) is 10.1 Å². The van der Waals surface area contributed by atoms with Gasteiger partial charge in [0.1, 0.15) is 5.69 Å². The molecule has 0 unspecified atom stereocenters. The summed E-state index contributed by atoms with van der Waals surface area (Å²) in [4.78, 5) is 3.99. The van der Waals surface area contributed by atoms with E-state index in [1.54, 1.807) is 10.9 Å². The Hall–Kier alpha value is -1.52. The summed E-state index contributed by atoms with van der Waals surface area (Å²) in [5.41, 5.74) is 11.4. The van der Waals surface area contributed by atoms with E-state index in [0.717, 1.165) is 0 Å². The monoisotopic (exact) mass is 137 g/mol. The zero-order chi connectivity index (χ0) is 7.14. The van der Waals surface area contributed by atoms with Gasteiger partial charge in [0.2, 0.25) is 0 Å². The molecule has 5 heteroatoms. The minimum absolute atomic E-state index is 0.367. The average Bonchev–Trinajstić information content (AvgIpc) is 2.41. The van der Waals surface area contributed by atoms with Crippen molar-refractivity contribution in [3.8, 4) is 0 Å². The Labute approximate surface area is 57.3 Å². The first kappa shape index (κ1) is 5.28. The number of hydrogen-bond donors (Lipinski definition) is 2. The molecule has 0 atom stereocenters. The predicted octanol–water partition coefficient (Wildman–Crippen LogP) is -0.237. The number of nitrogens with two attached hydrogens (primary N) is 2. The van der Waals surface area contributed by atoms with E-state index < -0.39 is 0 Å². The molecule has 1 aliphatic rings. The number of fused-ring (bicyclic) bond motifs is 1. The third-order valence-electron chi connectivity index (χ3n) is 1.46. The van der Waals surface area contributed by atoms with E-state index in [-0.39, 0.29) is 0 Å². The van der Waals surface area contributed by atoms with Crippen LogP contribution in [0, 0.1) is 0 Å². The second kappa shape index (κ2) is 1.50. The van der Waals surface area contributed by atoms with E-state index in [1.807, 2.05) is 0 Å². The van der Waals surface area contributed by atoms with Crippen molar-refractivity contribution in [2.45, 2.75) is 6.54 Å². The van der Waals surface area contributed by atoms with Gasteiger partial charge >= 0.3 is 0 Å². The van der Waals surface area contributed by atoms with Crippen molar-refractivity contribution in [2.24, 2.45) is 4.99 Å². The van der Waals surface area contributed by atoms with E-state index in [1.165, 1.54) is 0 Å². The first-order chi connectivity index (χ1) is 4.79. The zero-order valence-corrected chi connectivity index (χ0v) is 5.28. The Balaban J connectivity index is 2.69. The molecule has 2 rings (SSSR count). The molecule has 0 fully saturated rings. The Morgan fingerprint density at radius 3 is 3.00 bits per heavy atom. The standard InChI is InChI=1S/C5H7N5/c6-3-4(7)9-10-2-1-8-5(3)10/h1H,2,6H2,(H2,7,9). The van der Waals surface area contributed by atoms with E-state index in [4.69, 9.17) is 11.5 Å². The van der Waals surface area contributed by atoms with Crippen molar-refractivity contribution in [1.29, 1.82) is 0 Å². The number of anilines is 2. The molecule has 1 aliphatic heterocycles. The molecule has 2 heterocycles. The highest BCUT2D eigenvalue weighted by Gasteiger charge is 2.14. The van der Waals surface area contributed by atoms with Crippen LogP contribution in [0.5, 0.6) is 0 Å². The summed E-state index contributed by atoms with van der Waals surface area (Å²) in [5.74, 6) is 1.05. The van der Waals surface area contributed by atoms with Crippen molar-refractivity contribution >= 4 is 23.5 Å². The SMILES string of the molecule is Nc1nn2c(c1N)N=CC2. The smallest absolute Gasteiger partial charge is 0.176 e. The van der Waals surface area contributed by atoms with Crippen LogP contribution in [0.25, 0.3) is 0 Å². The van der Waals surface area contributed by atoms with Crippen molar-refractivity contribution in [2.75, 3.05) is 11.5 Å². The van der Waals surface area contributed by atoms with Gasteiger partial charge < -0.3 is 11.5 Å². The van der Waals surface area contributed by atoms with Gasteiger partial charge in [0.25, 0.3) is 0 Å². The molecule has 0 saturated heterocycles. The fourth-order valence-electron chi connectivity index (χ4n) is 0.953. The largest absolute Gasteiger partial charge is 0.393 e. The van der Waals surface area contributed by atoms with Crippen molar-refractivity contribution < 1.29 is 0 Å². The summed E-state index contributed by atoms with van der Waals surface area (Å²) in [6, 6.07) is 0. The maximum atomic E-state index is 5.53. The summed E-state index contributed by atoms with van der Waals surface area (Å²) < 4.78 is 1.67. The Morgan fingerprint density at radius 2 is 2.30 bits per heavy atom. The topological polar surface area (TPSA) is 82.2 Å². The molecule has 0 amide bonds. The molecule has 1 aromatic heterocycles. The lowest BCUT2D eigenvalue weighted by Crippen LogP contribution is -1.96. The fraction of sp³-hybridized carbons (Fsp3) is 0.200. The summed E-state index contributed by atoms with van der Waals surface area (Å²) >= 11 is 0. The van der Waals surface area contributed by atoms with Crippen LogP contribution in [0.15, 0.2) is 4.99 Å². The molecule has 0 aromatic carbocycles. The average molecular weight is 137 g/mol. The van der Waals surface area contributed by atoms with Gasteiger partial charge in [-0.05, 0) is 0 Å². The third kappa shape index (κ3) is 0.464. The first-order valence-corrected chi connectivity index (χ1v) is 2.93. The van der Waals surface area contributed by atoms with Gasteiger partial charge in [-0.2, -0.15) is 5.10 Å². The molecule has 0 spiro atoms. The number of aliphatic imine (C=N–C) groups is 1. The van der Waals surface area contributed by atoms with Crippen LogP contribution in [0.1, 0.15) is 0 Å². The highest BCUT2D eigenvalue weighted by Crippen LogP contribution is 2.29. The summed E-state index contributed by atoms with van der Waals surface area (Å²) in [6.07, 6.45) is 1.75. The van der Waals surface area contributed by atoms with E-state index in [0.29, 0.717) is 23.9 Å². The molecule has 5 nitrogen and oxygen atoms in total. The molecule has 10 heavy (non-hydrogen) atoms. The number of nitrogen functional groups attached to an aromatic ring is 2. The predicted molar refractivity (Wildman–Crippen MR) is 39.2 cm³/mol. The maximum absolute atomic E-state index is 5.53. The van der Waals surface area contributed by atoms with Crippen LogP contribution >= 0.6 is 0 Å². The summed E-state index contributed by atoms with van der Waals surface area (Å²) in [7, 11) is 0. The second-order valence-corrected chi connectivity index (χ2v) is 2.12. The lowest BCUT2D eigenvalue weighted by atomic mass is 10.5. The van der Waals surface area contributed by atoms with Gasteiger partial charge in [0.05, 0.1) is 6.54 Å². The number of nitrogens with zero attached hydrogens (tertiary/aromatic N) is 3. The van der Waals surface area contributed by atoms with Gasteiger partial charge in [-0.15, -0.1) is 0 Å². The van der Waals surface area contributed by atoms with Crippen LogP contribution in [-0.2, 0) is 6.54 Å². The fourth-order valence-corrected chi connectivity index (χ4v) is 0.953. The molecular formula is C5H7N5. The van der Waals surface area contributed by atoms with Crippen LogP contribution in [0.3, 0.4) is 0 Å². The number of aromatic nitrogens is 2. The first-order valence-electron chi connectivity index (χ1n) is 2.93. The Morgan fingerprint density at radius 1 is 1.50 bits per heavy atom. The molecule has 52 valence electrons. The quantitative estimate of drug-likeness (QED) is 0.517. The molecule has 4 N–H and O–H groups in total. The van der Waals surface area contributed by atoms with E-state index >= 15 is 0 Å². The lowest BCUT2D eigenvalue weighted by molar-refractivity contribution is 0.761. The summed E-state index contributed by atoms with van der Waals surface area (Å²) in [5, 5.41) is 3.94. The number of rotatable bonds is 0. The summed E-state index contributed by atoms with van der Waals surface area (Å²) in [6.45, 7) is 0.677. The Kier molecular flexibility index (Phi) is 0.791. The lowest BCUT2D eigenvalue weighted by Gasteiger charge is -1.87. The van der Waals surface area contributed by atoms with Crippen LogP contribution in [0.2, 0.25) is 0 Å². The normalized spacial score (nSPS) is 14.0. The molecule has 1 aromatic rings. The third-order valence-corrected chi connectivity index (χ3v) is 1.46. The minimum atomic E-state index is 0.367. The second-order valence-electron chi connectivity index (χ2n) is 2.12. The van der Waals surface area contributed by atoms with Crippen LogP contribution in [-0.4, -0.2) is 16.0 Å². The molecule has 0 radical (unpaired) electrons. The minimum Gasteiger partial charge on any atom is -0.393 e. The molecule has 0 saturated carbocycles. The van der Waals surface area contributed by atoms with E-state index in [9.17, 15) is 0 Å². The van der Waals surface area contributed by atoms with Crippen LogP contribution in [0.4, 0.5) is 17.3 Å². The Bertz CT molecular complexity index is 297. The van der Waals surface area contributed by atoms with Crippen molar-refractivity contribution in [1.82, 2.24) is 9.78 Å². The highest BCUT2D eigenvalue weighted by atomic mass is 15.4. The zero-order valence-electron chi connectivity index (χ0n) is 5.28. The highest BCUT2D eigenvalue weighted by molar-refractivity contribution is 5.79. The molecule has 0 aliphatic carbocycles. The van der Waals surface area contributed by atoms with Gasteiger partial charge in [-0.3, -0.25) is 0 Å².